The van der Waals surface area contributed by atoms with Crippen LogP contribution in [-0.2, 0) is 26.2 Å². The van der Waals surface area contributed by atoms with Gasteiger partial charge in [-0.2, -0.15) is 0 Å². The van der Waals surface area contributed by atoms with Crippen LogP contribution in [0.4, 0.5) is 5.69 Å². The van der Waals surface area contributed by atoms with Crippen molar-refractivity contribution in [1.29, 1.82) is 0 Å². The highest BCUT2D eigenvalue weighted by Crippen LogP contribution is 2.25. The van der Waals surface area contributed by atoms with Crippen molar-refractivity contribution in [2.75, 3.05) is 30.8 Å². The van der Waals surface area contributed by atoms with Gasteiger partial charge < -0.3 is 15.0 Å². The van der Waals surface area contributed by atoms with Crippen molar-refractivity contribution in [3.05, 3.63) is 58.1 Å². The van der Waals surface area contributed by atoms with Gasteiger partial charge in [0.2, 0.25) is 21.8 Å². The summed E-state index contributed by atoms with van der Waals surface area (Å²) in [6, 6.07) is 11.0. The SMILES string of the molecule is COc1ccc(N(CCCC(=O)N(Cc2ccc(Cl)c(Cl)c2)[C@H](C)C(=O)NCC(C)C)S(C)(=O)=O)cc1. The second-order valence-electron chi connectivity index (χ2n) is 9.22. The van der Waals surface area contributed by atoms with Crippen molar-refractivity contribution in [3.63, 3.8) is 0 Å². The Morgan fingerprint density at radius 3 is 2.22 bits per heavy atom. The van der Waals surface area contributed by atoms with Crippen molar-refractivity contribution >= 4 is 50.7 Å². The van der Waals surface area contributed by atoms with Gasteiger partial charge in [0, 0.05) is 26.1 Å². The van der Waals surface area contributed by atoms with Crippen molar-refractivity contribution in [2.45, 2.75) is 46.2 Å². The summed E-state index contributed by atoms with van der Waals surface area (Å²) in [5.74, 6) is 0.324. The fraction of sp³-hybridized carbons (Fsp3) is 0.462. The van der Waals surface area contributed by atoms with E-state index in [-0.39, 0.29) is 43.7 Å². The lowest BCUT2D eigenvalue weighted by atomic mass is 10.1. The minimum absolute atomic E-state index is 0.0469. The molecule has 1 atom stereocenters. The van der Waals surface area contributed by atoms with E-state index in [2.05, 4.69) is 5.32 Å². The first-order valence-corrected chi connectivity index (χ1v) is 14.6. The van der Waals surface area contributed by atoms with E-state index in [1.54, 1.807) is 49.4 Å². The molecule has 0 radical (unpaired) electrons. The number of sulfonamides is 1. The molecule has 0 fully saturated rings. The van der Waals surface area contributed by atoms with E-state index in [0.29, 0.717) is 28.0 Å². The Kier molecular flexibility index (Phi) is 11.5. The Morgan fingerprint density at radius 1 is 1.03 bits per heavy atom. The van der Waals surface area contributed by atoms with Crippen LogP contribution in [-0.4, -0.2) is 57.6 Å². The molecule has 0 aromatic heterocycles. The summed E-state index contributed by atoms with van der Waals surface area (Å²) in [6.07, 6.45) is 1.43. The molecule has 2 amide bonds. The van der Waals surface area contributed by atoms with Crippen LogP contribution >= 0.6 is 23.2 Å². The number of anilines is 1. The van der Waals surface area contributed by atoms with E-state index in [0.717, 1.165) is 11.8 Å². The number of hydrogen-bond acceptors (Lipinski definition) is 5. The van der Waals surface area contributed by atoms with Crippen molar-refractivity contribution in [3.8, 4) is 5.75 Å². The monoisotopic (exact) mass is 571 g/mol. The maximum atomic E-state index is 13.3. The van der Waals surface area contributed by atoms with E-state index in [1.807, 2.05) is 13.8 Å². The van der Waals surface area contributed by atoms with E-state index in [1.165, 1.54) is 16.3 Å². The number of carbonyl (C=O) groups is 2. The van der Waals surface area contributed by atoms with Crippen LogP contribution in [0.1, 0.15) is 39.2 Å². The first kappa shape index (κ1) is 30.7. The number of amides is 2. The molecule has 0 spiro atoms. The summed E-state index contributed by atoms with van der Waals surface area (Å²) < 4.78 is 31.3. The third-order valence-electron chi connectivity index (χ3n) is 5.70. The highest BCUT2D eigenvalue weighted by atomic mass is 35.5. The maximum absolute atomic E-state index is 13.3. The number of rotatable bonds is 13. The predicted molar refractivity (Wildman–Crippen MR) is 149 cm³/mol. The van der Waals surface area contributed by atoms with Gasteiger partial charge in [-0.25, -0.2) is 8.42 Å². The number of ether oxygens (including phenoxy) is 1. The molecular weight excluding hydrogens is 537 g/mol. The van der Waals surface area contributed by atoms with Crippen molar-refractivity contribution in [1.82, 2.24) is 10.2 Å². The zero-order chi connectivity index (χ0) is 27.8. The van der Waals surface area contributed by atoms with Crippen molar-refractivity contribution < 1.29 is 22.7 Å². The molecule has 11 heteroatoms. The molecule has 204 valence electrons. The molecule has 1 N–H and O–H groups in total. The van der Waals surface area contributed by atoms with Crippen LogP contribution in [0.5, 0.6) is 5.75 Å². The van der Waals surface area contributed by atoms with Crippen LogP contribution < -0.4 is 14.4 Å². The second-order valence-corrected chi connectivity index (χ2v) is 11.9. The zero-order valence-corrected chi connectivity index (χ0v) is 24.2. The molecule has 2 aromatic rings. The Morgan fingerprint density at radius 2 is 1.68 bits per heavy atom. The number of methoxy groups -OCH3 is 1. The highest BCUT2D eigenvalue weighted by molar-refractivity contribution is 7.92. The van der Waals surface area contributed by atoms with Crippen LogP contribution in [0.25, 0.3) is 0 Å². The molecule has 0 aliphatic carbocycles. The number of hydrogen-bond donors (Lipinski definition) is 1. The molecule has 0 saturated heterocycles. The Bertz CT molecular complexity index is 1170. The minimum Gasteiger partial charge on any atom is -0.497 e. The molecule has 0 unspecified atom stereocenters. The number of benzene rings is 2. The van der Waals surface area contributed by atoms with Gasteiger partial charge in [0.05, 0.1) is 29.1 Å². The number of nitrogens with zero attached hydrogens (tertiary/aromatic N) is 2. The van der Waals surface area contributed by atoms with Crippen LogP contribution in [0.3, 0.4) is 0 Å². The third kappa shape index (κ3) is 9.39. The highest BCUT2D eigenvalue weighted by Gasteiger charge is 2.27. The summed E-state index contributed by atoms with van der Waals surface area (Å²) in [4.78, 5) is 27.6. The van der Waals surface area contributed by atoms with Crippen LogP contribution in [0.15, 0.2) is 42.5 Å². The van der Waals surface area contributed by atoms with Gasteiger partial charge in [0.1, 0.15) is 11.8 Å². The zero-order valence-electron chi connectivity index (χ0n) is 21.8. The van der Waals surface area contributed by atoms with Crippen LogP contribution in [0, 0.1) is 5.92 Å². The fourth-order valence-corrected chi connectivity index (χ4v) is 4.91. The van der Waals surface area contributed by atoms with E-state index >= 15 is 0 Å². The van der Waals surface area contributed by atoms with Gasteiger partial charge in [-0.15, -0.1) is 0 Å². The summed E-state index contributed by atoms with van der Waals surface area (Å²) in [5, 5.41) is 3.62. The van der Waals surface area contributed by atoms with Crippen molar-refractivity contribution in [2.24, 2.45) is 5.92 Å². The first-order chi connectivity index (χ1) is 17.3. The van der Waals surface area contributed by atoms with Gasteiger partial charge in [0.15, 0.2) is 0 Å². The number of halogens is 2. The van der Waals surface area contributed by atoms with Gasteiger partial charge >= 0.3 is 0 Å². The summed E-state index contributed by atoms with van der Waals surface area (Å²) in [6.45, 7) is 6.39. The fourth-order valence-electron chi connectivity index (χ4n) is 3.62. The standard InChI is InChI=1S/C26H35Cl2N3O5S/c1-18(2)16-29-26(33)19(3)30(17-20-8-13-23(27)24(28)15-20)25(32)7-6-14-31(37(5,34)35)21-9-11-22(36-4)12-10-21/h8-13,15,18-19H,6-7,14,16-17H2,1-5H3,(H,29,33)/t19-/m1/s1. The Balaban J connectivity index is 2.18. The smallest absolute Gasteiger partial charge is 0.242 e. The Labute approximate surface area is 229 Å². The van der Waals surface area contributed by atoms with E-state index < -0.39 is 16.1 Å². The second kappa shape index (κ2) is 13.9. The lowest BCUT2D eigenvalue weighted by Gasteiger charge is -2.30. The normalized spacial score (nSPS) is 12.2. The minimum atomic E-state index is -3.58. The molecule has 8 nitrogen and oxygen atoms in total. The first-order valence-electron chi connectivity index (χ1n) is 12.0. The van der Waals surface area contributed by atoms with Gasteiger partial charge in [0.25, 0.3) is 0 Å². The summed E-state index contributed by atoms with van der Waals surface area (Å²) in [5.41, 5.74) is 1.20. The van der Waals surface area contributed by atoms with E-state index in [9.17, 15) is 18.0 Å². The number of carbonyl (C=O) groups excluding carboxylic acids is 2. The molecule has 0 heterocycles. The van der Waals surface area contributed by atoms with Gasteiger partial charge in [-0.1, -0.05) is 43.1 Å². The summed E-state index contributed by atoms with van der Waals surface area (Å²) in [7, 11) is -2.05. The molecule has 0 aliphatic rings. The molecular formula is C26H35Cl2N3O5S. The number of nitrogens with one attached hydrogen (secondary N) is 1. The van der Waals surface area contributed by atoms with Crippen LogP contribution in [0.2, 0.25) is 10.0 Å². The van der Waals surface area contributed by atoms with Gasteiger partial charge in [-0.05, 0) is 61.2 Å². The predicted octanol–water partition coefficient (Wildman–Crippen LogP) is 4.74. The molecule has 37 heavy (non-hydrogen) atoms. The molecule has 2 aromatic carbocycles. The largest absolute Gasteiger partial charge is 0.497 e. The average molecular weight is 573 g/mol. The quantitative estimate of drug-likeness (QED) is 0.374. The van der Waals surface area contributed by atoms with Gasteiger partial charge in [-0.3, -0.25) is 13.9 Å². The third-order valence-corrected chi connectivity index (χ3v) is 7.63. The molecule has 0 saturated carbocycles. The topological polar surface area (TPSA) is 96.0 Å². The molecule has 0 aliphatic heterocycles. The molecule has 2 rings (SSSR count). The van der Waals surface area contributed by atoms with E-state index in [4.69, 9.17) is 27.9 Å². The summed E-state index contributed by atoms with van der Waals surface area (Å²) >= 11 is 12.2. The lowest BCUT2D eigenvalue weighted by molar-refractivity contribution is -0.140. The Hall–Kier alpha value is -2.49. The average Bonchev–Trinajstić information content (AvgIpc) is 2.84. The molecule has 0 bridgehead atoms. The maximum Gasteiger partial charge on any atom is 0.242 e. The lowest BCUT2D eigenvalue weighted by Crippen LogP contribution is -2.48.